The summed E-state index contributed by atoms with van der Waals surface area (Å²) in [7, 11) is 0. The Kier molecular flexibility index (Phi) is 2.02. The number of aromatic nitrogens is 2. The van der Waals surface area contributed by atoms with Crippen molar-refractivity contribution < 1.29 is 0 Å². The Balaban J connectivity index is 2.66. The minimum absolute atomic E-state index is 0.670. The first-order chi connectivity index (χ1) is 5.79. The van der Waals surface area contributed by atoms with E-state index in [-0.39, 0.29) is 0 Å². The van der Waals surface area contributed by atoms with Gasteiger partial charge in [-0.25, -0.2) is 4.98 Å². The zero-order valence-corrected chi connectivity index (χ0v) is 8.25. The van der Waals surface area contributed by atoms with Gasteiger partial charge in [0.15, 0.2) is 5.16 Å². The molecule has 0 aliphatic carbocycles. The summed E-state index contributed by atoms with van der Waals surface area (Å²) in [6.45, 7) is 0. The molecule has 0 fully saturated rings. The van der Waals surface area contributed by atoms with Gasteiger partial charge in [0.2, 0.25) is 0 Å². The molecule has 1 N–H and O–H groups in total. The Labute approximate surface area is 80.2 Å². The number of thiol groups is 1. The van der Waals surface area contributed by atoms with Gasteiger partial charge >= 0.3 is 0 Å². The zero-order valence-electron chi connectivity index (χ0n) is 6.53. The van der Waals surface area contributed by atoms with Crippen LogP contribution < -0.4 is 0 Å². The number of fused-ring (bicyclic) bond motifs is 1. The van der Waals surface area contributed by atoms with Crippen LogP contribution >= 0.6 is 24.4 Å². The molecule has 2 aromatic rings. The third-order valence-corrected chi connectivity index (χ3v) is 2.61. The lowest BCUT2D eigenvalue weighted by atomic mass is 10.3. The highest BCUT2D eigenvalue weighted by molar-refractivity contribution is 7.98. The number of aromatic amines is 1. The molecule has 0 spiro atoms. The van der Waals surface area contributed by atoms with Crippen molar-refractivity contribution in [1.29, 1.82) is 0 Å². The van der Waals surface area contributed by atoms with Gasteiger partial charge in [0.1, 0.15) is 0 Å². The molecular formula is C8H8N2S2. The van der Waals surface area contributed by atoms with Crippen LogP contribution in [0.5, 0.6) is 0 Å². The number of nitrogens with one attached hydrogen (secondary N) is 1. The van der Waals surface area contributed by atoms with E-state index in [0.717, 1.165) is 11.0 Å². The van der Waals surface area contributed by atoms with Crippen LogP contribution in [0, 0.1) is 0 Å². The molecule has 0 aliphatic rings. The fourth-order valence-electron chi connectivity index (χ4n) is 1.10. The van der Waals surface area contributed by atoms with Crippen molar-refractivity contribution in [3.63, 3.8) is 0 Å². The molecule has 1 aromatic carbocycles. The van der Waals surface area contributed by atoms with Crippen molar-refractivity contribution >= 4 is 35.4 Å². The number of imidazole rings is 1. The molecule has 12 heavy (non-hydrogen) atoms. The summed E-state index contributed by atoms with van der Waals surface area (Å²) in [4.78, 5) is 8.50. The number of benzene rings is 1. The maximum atomic E-state index is 4.22. The lowest BCUT2D eigenvalue weighted by Gasteiger charge is -1.93. The zero-order chi connectivity index (χ0) is 8.55. The molecule has 0 saturated carbocycles. The summed E-state index contributed by atoms with van der Waals surface area (Å²) in [6, 6.07) is 6.14. The predicted octanol–water partition coefficient (Wildman–Crippen LogP) is 2.57. The van der Waals surface area contributed by atoms with Crippen molar-refractivity contribution in [1.82, 2.24) is 9.97 Å². The van der Waals surface area contributed by atoms with Gasteiger partial charge in [-0.15, -0.1) is 24.4 Å². The Morgan fingerprint density at radius 1 is 1.50 bits per heavy atom. The second kappa shape index (κ2) is 3.03. The Hall–Kier alpha value is -0.610. The molecule has 0 aliphatic heterocycles. The summed E-state index contributed by atoms with van der Waals surface area (Å²) in [6.07, 6.45) is 2.05. The summed E-state index contributed by atoms with van der Waals surface area (Å²) < 4.78 is 0. The fourth-order valence-corrected chi connectivity index (χ4v) is 1.76. The number of nitrogens with zero attached hydrogens (tertiary/aromatic N) is 1. The highest BCUT2D eigenvalue weighted by Gasteiger charge is 1.99. The maximum absolute atomic E-state index is 4.22. The smallest absolute Gasteiger partial charge is 0.163 e. The van der Waals surface area contributed by atoms with E-state index in [1.54, 1.807) is 11.8 Å². The van der Waals surface area contributed by atoms with Gasteiger partial charge in [0.25, 0.3) is 0 Å². The third-order valence-electron chi connectivity index (χ3n) is 1.68. The average Bonchev–Trinajstić information content (AvgIpc) is 2.43. The molecule has 0 bridgehead atoms. The van der Waals surface area contributed by atoms with Crippen LogP contribution in [0.3, 0.4) is 0 Å². The molecule has 62 valence electrons. The Bertz CT molecular complexity index is 408. The summed E-state index contributed by atoms with van der Waals surface area (Å²) in [5.74, 6) is 0. The van der Waals surface area contributed by atoms with Crippen molar-refractivity contribution in [2.24, 2.45) is 0 Å². The average molecular weight is 196 g/mol. The van der Waals surface area contributed by atoms with Gasteiger partial charge in [-0.2, -0.15) is 0 Å². The molecule has 4 heteroatoms. The molecule has 0 saturated heterocycles. The molecule has 1 heterocycles. The fraction of sp³-hybridized carbons (Fsp3) is 0.125. The van der Waals surface area contributed by atoms with E-state index in [1.165, 1.54) is 4.90 Å². The van der Waals surface area contributed by atoms with Crippen molar-refractivity contribution in [3.8, 4) is 0 Å². The Morgan fingerprint density at radius 2 is 2.33 bits per heavy atom. The Morgan fingerprint density at radius 3 is 3.08 bits per heavy atom. The van der Waals surface area contributed by atoms with Crippen LogP contribution in [0.15, 0.2) is 28.3 Å². The monoisotopic (exact) mass is 196 g/mol. The van der Waals surface area contributed by atoms with Crippen molar-refractivity contribution in [2.45, 2.75) is 10.1 Å². The largest absolute Gasteiger partial charge is 0.333 e. The van der Waals surface area contributed by atoms with Crippen LogP contribution in [-0.4, -0.2) is 16.2 Å². The van der Waals surface area contributed by atoms with E-state index >= 15 is 0 Å². The first kappa shape index (κ1) is 8.01. The van der Waals surface area contributed by atoms with E-state index in [4.69, 9.17) is 0 Å². The standard InChI is InChI=1S/C8H8N2S2/c1-12-5-2-3-6-7(4-5)10-8(11)9-6/h2-4H,1H3,(H2,9,10,11). The molecule has 0 atom stereocenters. The van der Waals surface area contributed by atoms with Crippen molar-refractivity contribution in [3.05, 3.63) is 18.2 Å². The lowest BCUT2D eigenvalue weighted by Crippen LogP contribution is -1.71. The van der Waals surface area contributed by atoms with Gasteiger partial charge in [-0.05, 0) is 24.5 Å². The lowest BCUT2D eigenvalue weighted by molar-refractivity contribution is 1.09. The first-order valence-corrected chi connectivity index (χ1v) is 5.19. The third kappa shape index (κ3) is 1.32. The normalized spacial score (nSPS) is 10.8. The van der Waals surface area contributed by atoms with E-state index in [9.17, 15) is 0 Å². The van der Waals surface area contributed by atoms with Gasteiger partial charge < -0.3 is 4.98 Å². The van der Waals surface area contributed by atoms with Gasteiger partial charge in [0.05, 0.1) is 11.0 Å². The van der Waals surface area contributed by atoms with Crippen LogP contribution in [-0.2, 0) is 0 Å². The van der Waals surface area contributed by atoms with Gasteiger partial charge in [-0.3, -0.25) is 0 Å². The molecule has 0 unspecified atom stereocenters. The molecule has 0 amide bonds. The van der Waals surface area contributed by atoms with E-state index in [2.05, 4.69) is 41.0 Å². The molecule has 1 aromatic heterocycles. The maximum Gasteiger partial charge on any atom is 0.163 e. The van der Waals surface area contributed by atoms with E-state index in [1.807, 2.05) is 6.07 Å². The van der Waals surface area contributed by atoms with Crippen LogP contribution in [0.4, 0.5) is 0 Å². The van der Waals surface area contributed by atoms with Crippen LogP contribution in [0.2, 0.25) is 0 Å². The first-order valence-electron chi connectivity index (χ1n) is 3.52. The minimum Gasteiger partial charge on any atom is -0.333 e. The number of H-pyrrole nitrogens is 1. The highest BCUT2D eigenvalue weighted by Crippen LogP contribution is 2.20. The SMILES string of the molecule is CSc1ccc2[nH]c(S)nc2c1. The number of hydrogen-bond acceptors (Lipinski definition) is 3. The second-order valence-corrected chi connectivity index (χ2v) is 3.75. The number of hydrogen-bond donors (Lipinski definition) is 2. The van der Waals surface area contributed by atoms with Crippen molar-refractivity contribution in [2.75, 3.05) is 6.26 Å². The summed E-state index contributed by atoms with van der Waals surface area (Å²) >= 11 is 5.85. The van der Waals surface area contributed by atoms with Gasteiger partial charge in [-0.1, -0.05) is 0 Å². The van der Waals surface area contributed by atoms with Crippen LogP contribution in [0.25, 0.3) is 11.0 Å². The minimum atomic E-state index is 0.670. The summed E-state index contributed by atoms with van der Waals surface area (Å²) in [5.41, 5.74) is 2.02. The predicted molar refractivity (Wildman–Crippen MR) is 55.1 cm³/mol. The van der Waals surface area contributed by atoms with E-state index < -0.39 is 0 Å². The quantitative estimate of drug-likeness (QED) is 0.542. The summed E-state index contributed by atoms with van der Waals surface area (Å²) in [5, 5.41) is 0.670. The number of thioether (sulfide) groups is 1. The molecular weight excluding hydrogens is 188 g/mol. The number of rotatable bonds is 1. The topological polar surface area (TPSA) is 28.7 Å². The van der Waals surface area contributed by atoms with Crippen LogP contribution in [0.1, 0.15) is 0 Å². The molecule has 2 nitrogen and oxygen atoms in total. The molecule has 0 radical (unpaired) electrons. The van der Waals surface area contributed by atoms with Gasteiger partial charge in [0, 0.05) is 4.90 Å². The van der Waals surface area contributed by atoms with E-state index in [0.29, 0.717) is 5.16 Å². The second-order valence-electron chi connectivity index (χ2n) is 2.44. The molecule has 2 rings (SSSR count). The highest BCUT2D eigenvalue weighted by atomic mass is 32.2.